The molecular formula is C43H85FO11. The molecular weight excluding hydrogens is 711 g/mol. The van der Waals surface area contributed by atoms with Gasteiger partial charge in [-0.1, -0.05) is 0 Å². The van der Waals surface area contributed by atoms with Crippen LogP contribution in [-0.2, 0) is 47.4 Å². The Morgan fingerprint density at radius 2 is 0.745 bits per heavy atom. The highest BCUT2D eigenvalue weighted by Crippen LogP contribution is 2.32. The van der Waals surface area contributed by atoms with E-state index in [-0.39, 0.29) is 82.4 Å². The first-order valence-electron chi connectivity index (χ1n) is 20.3. The molecule has 0 radical (unpaired) electrons. The number of halogens is 1. The predicted molar refractivity (Wildman–Crippen MR) is 216 cm³/mol. The Morgan fingerprint density at radius 3 is 1.11 bits per heavy atom. The quantitative estimate of drug-likeness (QED) is 0.232. The van der Waals surface area contributed by atoms with Gasteiger partial charge in [0, 0.05) is 7.11 Å². The van der Waals surface area contributed by atoms with Gasteiger partial charge in [0.1, 0.15) is 48.8 Å². The molecule has 55 heavy (non-hydrogen) atoms. The number of ether oxygens (including phenoxy) is 10. The lowest BCUT2D eigenvalue weighted by Crippen LogP contribution is -2.43. The fourth-order valence-electron chi connectivity index (χ4n) is 6.11. The number of hydrogen-bond acceptors (Lipinski definition) is 11. The molecule has 3 saturated heterocycles. The van der Waals surface area contributed by atoms with E-state index in [1.165, 1.54) is 0 Å². The number of hydrogen-bond donors (Lipinski definition) is 1. The van der Waals surface area contributed by atoms with Gasteiger partial charge >= 0.3 is 0 Å². The largest absolute Gasteiger partial charge is 0.388 e. The van der Waals surface area contributed by atoms with Gasteiger partial charge in [0.25, 0.3) is 0 Å². The van der Waals surface area contributed by atoms with Crippen LogP contribution in [0.3, 0.4) is 0 Å². The van der Waals surface area contributed by atoms with Crippen molar-refractivity contribution >= 4 is 0 Å². The molecule has 330 valence electrons. The summed E-state index contributed by atoms with van der Waals surface area (Å²) >= 11 is 0. The van der Waals surface area contributed by atoms with Gasteiger partial charge in [-0.05, 0) is 145 Å². The van der Waals surface area contributed by atoms with Gasteiger partial charge in [0.05, 0.1) is 71.7 Å². The second kappa shape index (κ2) is 20.6. The van der Waals surface area contributed by atoms with Gasteiger partial charge in [-0.3, -0.25) is 0 Å². The lowest BCUT2D eigenvalue weighted by Gasteiger charge is -2.31. The molecule has 12 heteroatoms. The summed E-state index contributed by atoms with van der Waals surface area (Å²) in [6.07, 6.45) is -4.00. The van der Waals surface area contributed by atoms with E-state index in [2.05, 4.69) is 0 Å². The van der Waals surface area contributed by atoms with Crippen molar-refractivity contribution in [3.63, 3.8) is 0 Å². The molecule has 0 bridgehead atoms. The van der Waals surface area contributed by atoms with Crippen LogP contribution in [0.15, 0.2) is 0 Å². The van der Waals surface area contributed by atoms with Gasteiger partial charge in [-0.25, -0.2) is 4.39 Å². The number of methoxy groups -OCH3 is 1. The van der Waals surface area contributed by atoms with Crippen LogP contribution in [0.5, 0.6) is 0 Å². The summed E-state index contributed by atoms with van der Waals surface area (Å²) in [5.41, 5.74) is -1.57. The smallest absolute Gasteiger partial charge is 0.155 e. The molecule has 0 aromatic heterocycles. The Labute approximate surface area is 335 Å². The average molecular weight is 797 g/mol. The fourth-order valence-corrected chi connectivity index (χ4v) is 6.11. The first-order valence-corrected chi connectivity index (χ1v) is 20.3. The second-order valence-corrected chi connectivity index (χ2v) is 21.1. The minimum atomic E-state index is -1.10. The summed E-state index contributed by atoms with van der Waals surface area (Å²) in [4.78, 5) is 0. The van der Waals surface area contributed by atoms with Crippen molar-refractivity contribution in [2.24, 2.45) is 0 Å². The van der Waals surface area contributed by atoms with Crippen molar-refractivity contribution in [1.29, 1.82) is 0 Å². The van der Waals surface area contributed by atoms with E-state index in [0.717, 1.165) is 0 Å². The molecule has 3 unspecified atom stereocenters. The molecule has 3 rings (SSSR count). The lowest BCUT2D eigenvalue weighted by atomic mass is 10.1. The number of rotatable bonds is 10. The van der Waals surface area contributed by atoms with E-state index >= 15 is 0 Å². The summed E-state index contributed by atoms with van der Waals surface area (Å²) in [6.45, 7) is 42.8. The Balaban J connectivity index is 0.000000413. The van der Waals surface area contributed by atoms with E-state index in [1.807, 2.05) is 138 Å². The molecule has 0 spiro atoms. The van der Waals surface area contributed by atoms with Crippen LogP contribution >= 0.6 is 0 Å². The summed E-state index contributed by atoms with van der Waals surface area (Å²) in [5, 5.41) is 10.1. The van der Waals surface area contributed by atoms with Crippen LogP contribution < -0.4 is 0 Å². The maximum absolute atomic E-state index is 14.1. The van der Waals surface area contributed by atoms with Gasteiger partial charge in [0.2, 0.25) is 0 Å². The van der Waals surface area contributed by atoms with Crippen molar-refractivity contribution < 1.29 is 56.9 Å². The van der Waals surface area contributed by atoms with Crippen LogP contribution in [0.25, 0.3) is 0 Å². The Hall–Kier alpha value is -0.510. The zero-order valence-electron chi connectivity index (χ0n) is 39.0. The second-order valence-electron chi connectivity index (χ2n) is 21.1. The van der Waals surface area contributed by atoms with Gasteiger partial charge in [0.15, 0.2) is 6.17 Å². The number of alkyl halides is 1. The SMILES string of the molecule is CO[C@@H]1C(OC(C)(C)C)[C@@H](COC(C)(C)C)O[C@H]1C.C[C@@H]1O[C@H](COC(C)(C)C)C(OC(C)(C)C)[C@H]1F.C[C@@H]1O[C@H](COC(C)(C)C)C(OC(C)(C)C)[C@H]1O. The molecule has 3 heterocycles. The third-order valence-electron chi connectivity index (χ3n) is 8.42. The first kappa shape index (κ1) is 52.5. The third-order valence-corrected chi connectivity index (χ3v) is 8.42. The van der Waals surface area contributed by atoms with E-state index in [4.69, 9.17) is 47.4 Å². The van der Waals surface area contributed by atoms with Crippen LogP contribution in [-0.4, -0.2) is 139 Å². The van der Waals surface area contributed by atoms with Crippen molar-refractivity contribution in [3.05, 3.63) is 0 Å². The molecule has 0 amide bonds. The third kappa shape index (κ3) is 20.8. The monoisotopic (exact) mass is 797 g/mol. The maximum atomic E-state index is 14.1. The van der Waals surface area contributed by atoms with E-state index < -0.39 is 24.5 Å². The fraction of sp³-hybridized carbons (Fsp3) is 1.00. The Bertz CT molecular complexity index is 1020. The lowest BCUT2D eigenvalue weighted by molar-refractivity contribution is -0.140. The highest BCUT2D eigenvalue weighted by Gasteiger charge is 2.47. The van der Waals surface area contributed by atoms with E-state index in [9.17, 15) is 9.50 Å². The van der Waals surface area contributed by atoms with Crippen LogP contribution in [0.4, 0.5) is 4.39 Å². The number of aliphatic hydroxyl groups is 1. The van der Waals surface area contributed by atoms with Gasteiger partial charge < -0.3 is 52.5 Å². The highest BCUT2D eigenvalue weighted by molar-refractivity contribution is 4.94. The van der Waals surface area contributed by atoms with Gasteiger partial charge in [-0.15, -0.1) is 0 Å². The summed E-state index contributed by atoms with van der Waals surface area (Å²) in [6, 6.07) is 0. The zero-order valence-corrected chi connectivity index (χ0v) is 39.0. The average Bonchev–Trinajstić information content (AvgIpc) is 3.51. The molecule has 0 aromatic rings. The van der Waals surface area contributed by atoms with Crippen LogP contribution in [0.1, 0.15) is 145 Å². The summed E-state index contributed by atoms with van der Waals surface area (Å²) < 4.78 is 72.0. The Morgan fingerprint density at radius 1 is 0.436 bits per heavy atom. The normalized spacial score (nSPS) is 33.6. The van der Waals surface area contributed by atoms with Crippen molar-refractivity contribution in [1.82, 2.24) is 0 Å². The first-order chi connectivity index (χ1) is 24.5. The summed E-state index contributed by atoms with van der Waals surface area (Å²) in [5.74, 6) is 0. The highest BCUT2D eigenvalue weighted by atomic mass is 19.1. The molecule has 3 aliphatic rings. The molecule has 3 aliphatic heterocycles. The molecule has 12 atom stereocenters. The van der Waals surface area contributed by atoms with Crippen molar-refractivity contribution in [2.75, 3.05) is 26.9 Å². The van der Waals surface area contributed by atoms with E-state index in [0.29, 0.717) is 19.8 Å². The van der Waals surface area contributed by atoms with Crippen LogP contribution in [0.2, 0.25) is 0 Å². The van der Waals surface area contributed by atoms with Crippen molar-refractivity contribution in [2.45, 2.75) is 252 Å². The number of aliphatic hydroxyl groups excluding tert-OH is 1. The van der Waals surface area contributed by atoms with Crippen LogP contribution in [0, 0.1) is 0 Å². The molecule has 0 saturated carbocycles. The molecule has 11 nitrogen and oxygen atoms in total. The molecule has 0 aromatic carbocycles. The minimum absolute atomic E-state index is 0.0194. The maximum Gasteiger partial charge on any atom is 0.155 e. The minimum Gasteiger partial charge on any atom is -0.388 e. The topological polar surface area (TPSA) is 113 Å². The molecule has 0 aliphatic carbocycles. The van der Waals surface area contributed by atoms with Gasteiger partial charge in [-0.2, -0.15) is 0 Å². The predicted octanol–water partition coefficient (Wildman–Crippen LogP) is 8.03. The van der Waals surface area contributed by atoms with Crippen molar-refractivity contribution in [3.8, 4) is 0 Å². The van der Waals surface area contributed by atoms with E-state index in [1.54, 1.807) is 14.0 Å². The molecule has 1 N–H and O–H groups in total. The standard InChI is InChI=1S/C15H30O4.C14H27FO3.C14H28O4/c1-10-12(16-8)13(19-15(5,6)7)11(18-10)9-17-14(2,3)4;2*1-9-11(15)12(18-14(5,6)7)10(17-9)8-16-13(2,3)4/h10-13H,9H2,1-8H3;9-12H,8H2,1-7H3;9-12,15H,8H2,1-7H3/t10-,11+,12-,13?;2*9-,10+,11-,12?/m000/s1. The summed E-state index contributed by atoms with van der Waals surface area (Å²) in [7, 11) is 1.70. The molecule has 3 fully saturated rings. The Kier molecular flexibility index (Phi) is 19.7. The zero-order chi connectivity index (χ0) is 43.1.